The van der Waals surface area contributed by atoms with Gasteiger partial charge in [-0.05, 0) is 61.4 Å². The van der Waals surface area contributed by atoms with Gasteiger partial charge in [0.1, 0.15) is 5.82 Å². The van der Waals surface area contributed by atoms with Crippen LogP contribution in [0.2, 0.25) is 5.02 Å². The summed E-state index contributed by atoms with van der Waals surface area (Å²) in [5.41, 5.74) is 3.65. The van der Waals surface area contributed by atoms with E-state index < -0.39 is 10.0 Å². The van der Waals surface area contributed by atoms with E-state index in [9.17, 15) is 8.42 Å². The average Bonchev–Trinajstić information content (AvgIpc) is 2.60. The van der Waals surface area contributed by atoms with Crippen LogP contribution >= 0.6 is 11.6 Å². The molecule has 0 bridgehead atoms. The monoisotopic (exact) mass is 387 g/mol. The maximum atomic E-state index is 12.4. The summed E-state index contributed by atoms with van der Waals surface area (Å²) in [7, 11) is -3.71. The molecule has 3 aromatic rings. The predicted molar refractivity (Wildman–Crippen MR) is 106 cm³/mol. The number of aryl methyl sites for hydroxylation is 1. The van der Waals surface area contributed by atoms with Crippen LogP contribution in [-0.2, 0) is 10.0 Å². The Balaban J connectivity index is 1.76. The summed E-state index contributed by atoms with van der Waals surface area (Å²) >= 11 is 5.86. The number of pyridine rings is 1. The minimum Gasteiger partial charge on any atom is -0.340 e. The van der Waals surface area contributed by atoms with Gasteiger partial charge in [-0.3, -0.25) is 4.72 Å². The fourth-order valence-corrected chi connectivity index (χ4v) is 3.74. The Bertz CT molecular complexity index is 1030. The molecule has 2 aromatic carbocycles. The summed E-state index contributed by atoms with van der Waals surface area (Å²) < 4.78 is 27.3. The van der Waals surface area contributed by atoms with Crippen LogP contribution in [0.4, 0.5) is 17.2 Å². The van der Waals surface area contributed by atoms with Crippen molar-refractivity contribution in [1.82, 2.24) is 4.98 Å². The van der Waals surface area contributed by atoms with Gasteiger partial charge in [0.25, 0.3) is 10.0 Å². The van der Waals surface area contributed by atoms with Gasteiger partial charge in [0, 0.05) is 10.7 Å². The van der Waals surface area contributed by atoms with Gasteiger partial charge in [0.2, 0.25) is 0 Å². The van der Waals surface area contributed by atoms with Gasteiger partial charge in [-0.15, -0.1) is 0 Å². The molecule has 0 radical (unpaired) electrons. The smallest absolute Gasteiger partial charge is 0.261 e. The Kier molecular flexibility index (Phi) is 5.15. The zero-order valence-corrected chi connectivity index (χ0v) is 15.9. The maximum Gasteiger partial charge on any atom is 0.261 e. The zero-order chi connectivity index (χ0) is 18.7. The van der Waals surface area contributed by atoms with Crippen LogP contribution in [0.25, 0.3) is 0 Å². The van der Waals surface area contributed by atoms with Crippen LogP contribution < -0.4 is 10.0 Å². The molecule has 2 N–H and O–H groups in total. The Morgan fingerprint density at radius 1 is 1.00 bits per heavy atom. The van der Waals surface area contributed by atoms with E-state index in [4.69, 9.17) is 11.6 Å². The second kappa shape index (κ2) is 7.35. The summed E-state index contributed by atoms with van der Waals surface area (Å²) in [5, 5.41) is 3.60. The van der Waals surface area contributed by atoms with Crippen molar-refractivity contribution in [2.45, 2.75) is 18.7 Å². The molecule has 7 heteroatoms. The molecule has 0 amide bonds. The van der Waals surface area contributed by atoms with E-state index in [1.54, 1.807) is 24.3 Å². The molecule has 26 heavy (non-hydrogen) atoms. The van der Waals surface area contributed by atoms with Crippen LogP contribution in [0.3, 0.4) is 0 Å². The van der Waals surface area contributed by atoms with Crippen LogP contribution in [0, 0.1) is 13.8 Å². The first-order chi connectivity index (χ1) is 12.3. The van der Waals surface area contributed by atoms with Crippen molar-refractivity contribution in [1.29, 1.82) is 0 Å². The van der Waals surface area contributed by atoms with Crippen LogP contribution in [0.15, 0.2) is 65.7 Å². The highest BCUT2D eigenvalue weighted by molar-refractivity contribution is 7.92. The zero-order valence-electron chi connectivity index (χ0n) is 14.3. The fraction of sp³-hybridized carbons (Fsp3) is 0.105. The summed E-state index contributed by atoms with van der Waals surface area (Å²) in [4.78, 5) is 4.38. The summed E-state index contributed by atoms with van der Waals surface area (Å²) in [6.45, 7) is 4.08. The lowest BCUT2D eigenvalue weighted by atomic mass is 10.1. The first kappa shape index (κ1) is 18.2. The molecule has 0 aliphatic carbocycles. The SMILES string of the molecule is Cc1cccc(Nc2ccc(NS(=O)(=O)c3cccc(Cl)c3)cn2)c1C. The maximum absolute atomic E-state index is 12.4. The molecule has 0 fully saturated rings. The van der Waals surface area contributed by atoms with Crippen molar-refractivity contribution < 1.29 is 8.42 Å². The van der Waals surface area contributed by atoms with Gasteiger partial charge >= 0.3 is 0 Å². The van der Waals surface area contributed by atoms with E-state index in [0.29, 0.717) is 16.5 Å². The van der Waals surface area contributed by atoms with E-state index in [-0.39, 0.29) is 4.90 Å². The molecule has 0 spiro atoms. The largest absolute Gasteiger partial charge is 0.340 e. The number of aromatic nitrogens is 1. The molecule has 5 nitrogen and oxygen atoms in total. The third-order valence-corrected chi connectivity index (χ3v) is 5.60. The molecule has 134 valence electrons. The molecule has 0 atom stereocenters. The van der Waals surface area contributed by atoms with Crippen molar-refractivity contribution in [3.63, 3.8) is 0 Å². The average molecular weight is 388 g/mol. The topological polar surface area (TPSA) is 71.1 Å². The number of nitrogens with one attached hydrogen (secondary N) is 2. The van der Waals surface area contributed by atoms with E-state index in [2.05, 4.69) is 15.0 Å². The molecule has 0 saturated heterocycles. The van der Waals surface area contributed by atoms with Crippen molar-refractivity contribution in [2.24, 2.45) is 0 Å². The minimum absolute atomic E-state index is 0.0996. The van der Waals surface area contributed by atoms with Crippen molar-refractivity contribution in [3.8, 4) is 0 Å². The molecule has 3 rings (SSSR count). The number of nitrogens with zero attached hydrogens (tertiary/aromatic N) is 1. The summed E-state index contributed by atoms with van der Waals surface area (Å²) in [6.07, 6.45) is 1.47. The number of hydrogen-bond donors (Lipinski definition) is 2. The number of anilines is 3. The molecule has 1 aromatic heterocycles. The second-order valence-electron chi connectivity index (χ2n) is 5.87. The Labute approximate surface area is 158 Å². The van der Waals surface area contributed by atoms with Gasteiger partial charge in [0.15, 0.2) is 0 Å². The highest BCUT2D eigenvalue weighted by Crippen LogP contribution is 2.23. The normalized spacial score (nSPS) is 11.2. The quantitative estimate of drug-likeness (QED) is 0.653. The van der Waals surface area contributed by atoms with Crippen molar-refractivity contribution >= 4 is 38.8 Å². The second-order valence-corrected chi connectivity index (χ2v) is 7.99. The van der Waals surface area contributed by atoms with E-state index >= 15 is 0 Å². The van der Waals surface area contributed by atoms with Crippen molar-refractivity contribution in [2.75, 3.05) is 10.0 Å². The van der Waals surface area contributed by atoms with Gasteiger partial charge < -0.3 is 5.32 Å². The molecule has 0 aliphatic heterocycles. The standard InChI is InChI=1S/C19H18ClN3O2S/c1-13-5-3-8-18(14(13)2)22-19-10-9-16(12-21-19)23-26(24,25)17-7-4-6-15(20)11-17/h3-12,23H,1-2H3,(H,21,22). The molecular formula is C19H18ClN3O2S. The highest BCUT2D eigenvalue weighted by Gasteiger charge is 2.14. The highest BCUT2D eigenvalue weighted by atomic mass is 35.5. The Morgan fingerprint density at radius 2 is 1.77 bits per heavy atom. The molecule has 0 unspecified atom stereocenters. The number of rotatable bonds is 5. The predicted octanol–water partition coefficient (Wildman–Crippen LogP) is 4.90. The minimum atomic E-state index is -3.71. The Hall–Kier alpha value is -2.57. The Morgan fingerprint density at radius 3 is 2.46 bits per heavy atom. The van der Waals surface area contributed by atoms with E-state index in [0.717, 1.165) is 11.3 Å². The summed E-state index contributed by atoms with van der Waals surface area (Å²) in [5.74, 6) is 0.629. The molecule has 0 saturated carbocycles. The van der Waals surface area contributed by atoms with Crippen molar-refractivity contribution in [3.05, 3.63) is 76.9 Å². The third-order valence-electron chi connectivity index (χ3n) is 3.99. The molecular weight excluding hydrogens is 370 g/mol. The van der Waals surface area contributed by atoms with Gasteiger partial charge in [-0.1, -0.05) is 29.8 Å². The lowest BCUT2D eigenvalue weighted by Crippen LogP contribution is -2.13. The van der Waals surface area contributed by atoms with Gasteiger partial charge in [0.05, 0.1) is 16.8 Å². The number of hydrogen-bond acceptors (Lipinski definition) is 4. The first-order valence-corrected chi connectivity index (χ1v) is 9.79. The van der Waals surface area contributed by atoms with Gasteiger partial charge in [-0.25, -0.2) is 13.4 Å². The van der Waals surface area contributed by atoms with Gasteiger partial charge in [-0.2, -0.15) is 0 Å². The van der Waals surface area contributed by atoms with E-state index in [1.165, 1.54) is 23.9 Å². The lowest BCUT2D eigenvalue weighted by molar-refractivity contribution is 0.601. The fourth-order valence-electron chi connectivity index (χ4n) is 2.40. The van der Waals surface area contributed by atoms with Crippen LogP contribution in [0.1, 0.15) is 11.1 Å². The first-order valence-electron chi connectivity index (χ1n) is 7.93. The molecule has 0 aliphatic rings. The van der Waals surface area contributed by atoms with Crippen LogP contribution in [-0.4, -0.2) is 13.4 Å². The number of benzene rings is 2. The van der Waals surface area contributed by atoms with Crippen LogP contribution in [0.5, 0.6) is 0 Å². The lowest BCUT2D eigenvalue weighted by Gasteiger charge is -2.12. The molecule has 1 heterocycles. The number of sulfonamides is 1. The number of halogens is 1. The summed E-state index contributed by atoms with van der Waals surface area (Å²) in [6, 6.07) is 15.5. The third kappa shape index (κ3) is 4.15. The van der Waals surface area contributed by atoms with E-state index in [1.807, 2.05) is 32.0 Å².